The summed E-state index contributed by atoms with van der Waals surface area (Å²) < 4.78 is 4.91. The zero-order chi connectivity index (χ0) is 11.3. The lowest BCUT2D eigenvalue weighted by molar-refractivity contribution is -0.153. The number of aliphatic carboxylic acids is 1. The van der Waals surface area contributed by atoms with Crippen LogP contribution < -0.4 is 0 Å². The smallest absolute Gasteiger partial charge is 0.309 e. The van der Waals surface area contributed by atoms with Gasteiger partial charge in [0, 0.05) is 26.8 Å². The molecule has 0 saturated carbocycles. The van der Waals surface area contributed by atoms with E-state index in [-0.39, 0.29) is 0 Å². The van der Waals surface area contributed by atoms with E-state index in [9.17, 15) is 14.8 Å². The van der Waals surface area contributed by atoms with Crippen LogP contribution in [0.1, 0.15) is 19.3 Å². The van der Waals surface area contributed by atoms with Gasteiger partial charge in [-0.2, -0.15) is 0 Å². The fourth-order valence-electron chi connectivity index (χ4n) is 1.87. The molecule has 1 heterocycles. The van der Waals surface area contributed by atoms with E-state index in [4.69, 9.17) is 4.74 Å². The van der Waals surface area contributed by atoms with Gasteiger partial charge in [-0.05, 0) is 19.3 Å². The van der Waals surface area contributed by atoms with Crippen molar-refractivity contribution in [2.75, 3.05) is 26.8 Å². The van der Waals surface area contributed by atoms with Crippen LogP contribution in [0.25, 0.3) is 0 Å². The topological polar surface area (TPSA) is 79.2 Å². The monoisotopic (exact) mass is 216 g/mol. The number of rotatable bonds is 5. The molecule has 0 aromatic rings. The first-order valence-corrected chi connectivity index (χ1v) is 4.95. The Morgan fingerprint density at radius 2 is 2.13 bits per heavy atom. The van der Waals surface area contributed by atoms with Gasteiger partial charge in [0.25, 0.3) is 0 Å². The summed E-state index contributed by atoms with van der Waals surface area (Å²) in [6.45, 7) is 1.26. The molecule has 1 fully saturated rings. The Hall–Kier alpha value is -1.17. The molecule has 0 spiro atoms. The molecule has 0 radical (unpaired) electrons. The summed E-state index contributed by atoms with van der Waals surface area (Å²) in [7, 11) is 1.55. The van der Waals surface area contributed by atoms with Gasteiger partial charge in [0.1, 0.15) is 0 Å². The molecule has 0 unspecified atom stereocenters. The van der Waals surface area contributed by atoms with Crippen LogP contribution in [0.3, 0.4) is 0 Å². The molecule has 15 heavy (non-hydrogen) atoms. The van der Waals surface area contributed by atoms with Crippen LogP contribution in [0.5, 0.6) is 0 Å². The third-order valence-corrected chi connectivity index (χ3v) is 3.05. The largest absolute Gasteiger partial charge is 0.481 e. The lowest BCUT2D eigenvalue weighted by Crippen LogP contribution is -2.43. The van der Waals surface area contributed by atoms with Gasteiger partial charge in [-0.3, -0.25) is 9.80 Å². The van der Waals surface area contributed by atoms with E-state index < -0.39 is 11.4 Å². The molecule has 1 aliphatic rings. The summed E-state index contributed by atoms with van der Waals surface area (Å²) in [6.07, 6.45) is 1.40. The van der Waals surface area contributed by atoms with Crippen molar-refractivity contribution in [3.8, 4) is 0 Å². The zero-order valence-electron chi connectivity index (χ0n) is 8.81. The van der Waals surface area contributed by atoms with Crippen molar-refractivity contribution in [2.24, 2.45) is 10.7 Å². The predicted molar refractivity (Wildman–Crippen MR) is 53.2 cm³/mol. The molecule has 1 N–H and O–H groups in total. The van der Waals surface area contributed by atoms with Gasteiger partial charge in [-0.25, -0.2) is 0 Å². The van der Waals surface area contributed by atoms with Crippen LogP contribution in [0, 0.1) is 10.3 Å². The number of carbonyl (C=O) groups is 1. The Bertz CT molecular complexity index is 236. The van der Waals surface area contributed by atoms with Crippen LogP contribution in [-0.2, 0) is 9.53 Å². The van der Waals surface area contributed by atoms with E-state index in [1.54, 1.807) is 7.11 Å². The molecule has 0 aliphatic carbocycles. The van der Waals surface area contributed by atoms with Crippen LogP contribution in [0.2, 0.25) is 0 Å². The molecule has 0 aromatic carbocycles. The Morgan fingerprint density at radius 1 is 1.53 bits per heavy atom. The van der Waals surface area contributed by atoms with Gasteiger partial charge in [0.2, 0.25) is 0 Å². The molecule has 1 aliphatic heterocycles. The molecule has 6 nitrogen and oxygen atoms in total. The lowest BCUT2D eigenvalue weighted by atomic mass is 9.76. The minimum absolute atomic E-state index is 0.416. The number of methoxy groups -OCH3 is 1. The number of hydrogen-bond donors (Lipinski definition) is 1. The van der Waals surface area contributed by atoms with Gasteiger partial charge < -0.3 is 9.84 Å². The van der Waals surface area contributed by atoms with Crippen molar-refractivity contribution in [3.05, 3.63) is 4.91 Å². The highest BCUT2D eigenvalue weighted by Gasteiger charge is 2.41. The van der Waals surface area contributed by atoms with Crippen molar-refractivity contribution in [1.29, 1.82) is 0 Å². The first-order valence-electron chi connectivity index (χ1n) is 4.95. The Balaban J connectivity index is 2.60. The normalized spacial score (nSPS) is 19.9. The number of nitroso groups, excluding NO2 is 1. The highest BCUT2D eigenvalue weighted by molar-refractivity contribution is 5.74. The molecule has 0 aromatic heterocycles. The van der Waals surface area contributed by atoms with E-state index >= 15 is 0 Å². The first-order chi connectivity index (χ1) is 7.14. The zero-order valence-corrected chi connectivity index (χ0v) is 8.81. The minimum atomic E-state index is -0.801. The Morgan fingerprint density at radius 3 is 2.53 bits per heavy atom. The summed E-state index contributed by atoms with van der Waals surface area (Å²) in [5.41, 5.74) is -0.739. The van der Waals surface area contributed by atoms with Gasteiger partial charge in [-0.15, -0.1) is 4.91 Å². The maximum atomic E-state index is 11.2. The number of ether oxygens (including phenoxy) is 1. The molecule has 1 rings (SSSR count). The lowest BCUT2D eigenvalue weighted by Gasteiger charge is -2.36. The van der Waals surface area contributed by atoms with Gasteiger partial charge in [-0.1, -0.05) is 0 Å². The number of hydrogen-bond acceptors (Lipinski definition) is 4. The van der Waals surface area contributed by atoms with E-state index in [2.05, 4.69) is 5.29 Å². The first kappa shape index (κ1) is 11.9. The maximum absolute atomic E-state index is 11.2. The van der Waals surface area contributed by atoms with Crippen molar-refractivity contribution in [3.63, 3.8) is 0 Å². The van der Waals surface area contributed by atoms with Crippen molar-refractivity contribution >= 4 is 5.97 Å². The van der Waals surface area contributed by atoms with Crippen molar-refractivity contribution in [1.82, 2.24) is 5.01 Å². The highest BCUT2D eigenvalue weighted by Crippen LogP contribution is 2.35. The number of carboxylic acid groups (broad SMARTS) is 1. The van der Waals surface area contributed by atoms with Crippen LogP contribution in [0.4, 0.5) is 0 Å². The Kier molecular flexibility index (Phi) is 4.02. The minimum Gasteiger partial charge on any atom is -0.481 e. The van der Waals surface area contributed by atoms with Crippen LogP contribution in [0.15, 0.2) is 5.29 Å². The van der Waals surface area contributed by atoms with Gasteiger partial charge in [0.05, 0.1) is 10.7 Å². The van der Waals surface area contributed by atoms with Crippen LogP contribution in [-0.4, -0.2) is 42.9 Å². The second-order valence-electron chi connectivity index (χ2n) is 3.86. The third kappa shape index (κ3) is 2.65. The van der Waals surface area contributed by atoms with Crippen molar-refractivity contribution < 1.29 is 14.6 Å². The van der Waals surface area contributed by atoms with E-state index in [1.165, 1.54) is 5.01 Å². The molecule has 1 saturated heterocycles. The van der Waals surface area contributed by atoms with E-state index in [1.807, 2.05) is 0 Å². The van der Waals surface area contributed by atoms with Crippen molar-refractivity contribution in [2.45, 2.75) is 19.3 Å². The summed E-state index contributed by atoms with van der Waals surface area (Å²) in [5, 5.41) is 13.4. The Labute approximate surface area is 88.1 Å². The standard InChI is InChI=1S/C9H16N2O4/c1-15-7-4-9(8(12)13)2-5-11(10-14)6-3-9/h2-7H2,1H3,(H,12,13). The molecule has 6 heteroatoms. The fraction of sp³-hybridized carbons (Fsp3) is 0.889. The second-order valence-corrected chi connectivity index (χ2v) is 3.86. The van der Waals surface area contributed by atoms with Crippen LogP contribution >= 0.6 is 0 Å². The SMILES string of the molecule is COCCC1(C(=O)O)CCN(N=O)CC1. The molecule has 0 bridgehead atoms. The average molecular weight is 216 g/mol. The van der Waals surface area contributed by atoms with E-state index in [0.717, 1.165) is 0 Å². The average Bonchev–Trinajstić information content (AvgIpc) is 2.27. The molecular weight excluding hydrogens is 200 g/mol. The molecule has 0 amide bonds. The molecular formula is C9H16N2O4. The molecule has 0 atom stereocenters. The fourth-order valence-corrected chi connectivity index (χ4v) is 1.87. The predicted octanol–water partition coefficient (Wildman–Crippen LogP) is 0.871. The molecule has 86 valence electrons. The number of piperidine rings is 1. The maximum Gasteiger partial charge on any atom is 0.309 e. The summed E-state index contributed by atoms with van der Waals surface area (Å²) >= 11 is 0. The van der Waals surface area contributed by atoms with Gasteiger partial charge in [0.15, 0.2) is 0 Å². The summed E-state index contributed by atoms with van der Waals surface area (Å²) in [4.78, 5) is 21.5. The highest BCUT2D eigenvalue weighted by atomic mass is 16.5. The third-order valence-electron chi connectivity index (χ3n) is 3.05. The summed E-state index contributed by atoms with van der Waals surface area (Å²) in [5.74, 6) is -0.801. The number of carboxylic acids is 1. The quantitative estimate of drug-likeness (QED) is 0.690. The van der Waals surface area contributed by atoms with E-state index in [0.29, 0.717) is 39.0 Å². The number of nitrogens with zero attached hydrogens (tertiary/aromatic N) is 2. The second kappa shape index (κ2) is 5.06. The summed E-state index contributed by atoms with van der Waals surface area (Å²) in [6, 6.07) is 0. The van der Waals surface area contributed by atoms with Gasteiger partial charge >= 0.3 is 5.97 Å².